The molecular formula is C28H34FN3O7. The zero-order chi connectivity index (χ0) is 28.7. The van der Waals surface area contributed by atoms with E-state index in [1.54, 1.807) is 0 Å². The molecule has 2 saturated carbocycles. The monoisotopic (exact) mass is 543 g/mol. The van der Waals surface area contributed by atoms with Crippen molar-refractivity contribution in [1.82, 2.24) is 9.80 Å². The van der Waals surface area contributed by atoms with Crippen molar-refractivity contribution in [2.45, 2.75) is 63.8 Å². The molecule has 11 heteroatoms. The molecule has 0 aromatic heterocycles. The molecule has 1 aromatic rings. The van der Waals surface area contributed by atoms with E-state index in [1.807, 2.05) is 13.8 Å². The number of likely N-dealkylation sites (N-methyl/N-ethyl adjacent to an activating group) is 1. The lowest BCUT2D eigenvalue weighted by Crippen LogP contribution is -2.74. The second kappa shape index (κ2) is 9.28. The summed E-state index contributed by atoms with van der Waals surface area (Å²) in [5.74, 6) is -12.0. The highest BCUT2D eigenvalue weighted by atomic mass is 19.1. The van der Waals surface area contributed by atoms with Crippen molar-refractivity contribution in [3.63, 3.8) is 0 Å². The summed E-state index contributed by atoms with van der Waals surface area (Å²) >= 11 is 0. The number of amides is 1. The van der Waals surface area contributed by atoms with Crippen LogP contribution >= 0.6 is 0 Å². The normalized spacial score (nSPS) is 33.4. The average Bonchev–Trinajstić information content (AvgIpc) is 2.88. The van der Waals surface area contributed by atoms with Crippen molar-refractivity contribution in [2.24, 2.45) is 29.4 Å². The Labute approximate surface area is 225 Å². The van der Waals surface area contributed by atoms with Gasteiger partial charge in [-0.15, -0.1) is 0 Å². The summed E-state index contributed by atoms with van der Waals surface area (Å²) in [6.07, 6.45) is 0.994. The fourth-order valence-electron chi connectivity index (χ4n) is 7.41. The number of phenols is 1. The second-order valence-corrected chi connectivity index (χ2v) is 11.7. The topological polar surface area (TPSA) is 158 Å². The lowest BCUT2D eigenvalue weighted by atomic mass is 9.52. The van der Waals surface area contributed by atoms with Gasteiger partial charge < -0.3 is 15.9 Å². The number of phenolic OH excluding ortho intramolecular Hbond substituents is 1. The minimum absolute atomic E-state index is 0.0200. The molecule has 1 heterocycles. The maximum Gasteiger partial charge on any atom is 0.235 e. The lowest BCUT2D eigenvalue weighted by Gasteiger charge is -2.52. The Bertz CT molecular complexity index is 1330. The summed E-state index contributed by atoms with van der Waals surface area (Å²) in [5.41, 5.74) is 2.94. The molecule has 0 radical (unpaired) electrons. The summed E-state index contributed by atoms with van der Waals surface area (Å²) in [6.45, 7) is 4.92. The number of aliphatic hydroxyl groups is 1. The number of hydrogen-bond donors (Lipinski definition) is 3. The van der Waals surface area contributed by atoms with E-state index in [0.717, 1.165) is 6.42 Å². The molecule has 1 aromatic carbocycles. The number of primary amides is 1. The largest absolute Gasteiger partial charge is 0.507 e. The molecular weight excluding hydrogens is 509 g/mol. The Morgan fingerprint density at radius 2 is 1.85 bits per heavy atom. The number of carbonyl (C=O) groups excluding carboxylic acids is 5. The van der Waals surface area contributed by atoms with Crippen molar-refractivity contribution >= 4 is 29.0 Å². The molecule has 210 valence electrons. The highest BCUT2D eigenvalue weighted by molar-refractivity contribution is 6.32. The van der Waals surface area contributed by atoms with Crippen LogP contribution in [0.2, 0.25) is 0 Å². The minimum atomic E-state index is -2.80. The number of fused-ring (bicyclic) bond motifs is 4. The maximum absolute atomic E-state index is 16.1. The molecule has 0 bridgehead atoms. The van der Waals surface area contributed by atoms with Crippen LogP contribution in [0.5, 0.6) is 5.75 Å². The lowest BCUT2D eigenvalue weighted by molar-refractivity contribution is -0.181. The van der Waals surface area contributed by atoms with Gasteiger partial charge >= 0.3 is 0 Å². The second-order valence-electron chi connectivity index (χ2n) is 11.7. The van der Waals surface area contributed by atoms with Gasteiger partial charge in [0.15, 0.2) is 34.7 Å². The molecule has 7 atom stereocenters. The molecule has 39 heavy (non-hydrogen) atoms. The predicted octanol–water partition coefficient (Wildman–Crippen LogP) is 0.163. The first-order valence-corrected chi connectivity index (χ1v) is 13.4. The molecule has 2 unspecified atom stereocenters. The highest BCUT2D eigenvalue weighted by Crippen LogP contribution is 2.52. The Kier molecular flexibility index (Phi) is 6.55. The third kappa shape index (κ3) is 3.66. The number of benzene rings is 1. The van der Waals surface area contributed by atoms with Gasteiger partial charge in [0.2, 0.25) is 5.91 Å². The maximum atomic E-state index is 16.1. The van der Waals surface area contributed by atoms with E-state index in [0.29, 0.717) is 24.1 Å². The van der Waals surface area contributed by atoms with E-state index < -0.39 is 70.2 Å². The summed E-state index contributed by atoms with van der Waals surface area (Å²) in [5, 5.41) is 22.8. The number of carbonyl (C=O) groups is 5. The van der Waals surface area contributed by atoms with Crippen LogP contribution in [0.3, 0.4) is 0 Å². The van der Waals surface area contributed by atoms with Crippen LogP contribution < -0.4 is 5.73 Å². The average molecular weight is 544 g/mol. The standard InChI is InChI=1S/C28H34FN3O7/c1-5-11(2)32-7-6-13-15(10-32)20(29)14-8-12-9-16-21(31(3)4)24(35)19(27(30)38)26(37)28(16,39)25(36)17(12)23(34)18(14)22(13)33/h11-12,16-17,19,21,33,39H,5-10H2,1-4H3,(H2,30,38)/t11-,12+,16+,17?,19?,21+,28+/m1/s1. The van der Waals surface area contributed by atoms with Crippen LogP contribution in [-0.2, 0) is 38.6 Å². The number of aromatic hydroxyl groups is 1. The molecule has 0 spiro atoms. The smallest absolute Gasteiger partial charge is 0.235 e. The van der Waals surface area contributed by atoms with Crippen molar-refractivity contribution in [2.75, 3.05) is 20.6 Å². The fourth-order valence-corrected chi connectivity index (χ4v) is 7.41. The molecule has 4 N–H and O–H groups in total. The van der Waals surface area contributed by atoms with Crippen molar-refractivity contribution in [3.8, 4) is 5.75 Å². The first-order valence-electron chi connectivity index (χ1n) is 13.4. The molecule has 5 rings (SSSR count). The Hall–Kier alpha value is -3.02. The number of halogens is 1. The summed E-state index contributed by atoms with van der Waals surface area (Å²) < 4.78 is 16.1. The van der Waals surface area contributed by atoms with Crippen molar-refractivity contribution in [3.05, 3.63) is 28.1 Å². The van der Waals surface area contributed by atoms with E-state index >= 15 is 4.39 Å². The first-order chi connectivity index (χ1) is 18.3. The third-order valence-electron chi connectivity index (χ3n) is 9.60. The van der Waals surface area contributed by atoms with Gasteiger partial charge in [0.25, 0.3) is 0 Å². The molecule has 1 aliphatic heterocycles. The molecule has 3 aliphatic carbocycles. The SMILES string of the molecule is CC[C@@H](C)N1CCc2c(O)c3c(c(F)c2C1)C[C@H]1C[C@H]2[C@H](N(C)C)C(=O)C(C(N)=O)C(=O)[C@@]2(O)C(=O)C1C3=O. The van der Waals surface area contributed by atoms with Gasteiger partial charge in [-0.1, -0.05) is 6.92 Å². The number of nitrogens with zero attached hydrogens (tertiary/aromatic N) is 2. The van der Waals surface area contributed by atoms with E-state index in [4.69, 9.17) is 5.73 Å². The van der Waals surface area contributed by atoms with Gasteiger partial charge in [0.1, 0.15) is 11.6 Å². The predicted molar refractivity (Wildman–Crippen MR) is 135 cm³/mol. The van der Waals surface area contributed by atoms with E-state index in [2.05, 4.69) is 4.90 Å². The van der Waals surface area contributed by atoms with Crippen LogP contribution in [0, 0.1) is 29.5 Å². The highest BCUT2D eigenvalue weighted by Gasteiger charge is 2.69. The summed E-state index contributed by atoms with van der Waals surface area (Å²) in [7, 11) is 3.03. The fraction of sp³-hybridized carbons (Fsp3) is 0.607. The number of ketones is 4. The van der Waals surface area contributed by atoms with Gasteiger partial charge in [-0.2, -0.15) is 0 Å². The molecule has 0 saturated heterocycles. The molecule has 2 fully saturated rings. The van der Waals surface area contributed by atoms with Gasteiger partial charge in [0, 0.05) is 41.7 Å². The molecule has 10 nitrogen and oxygen atoms in total. The van der Waals surface area contributed by atoms with Crippen LogP contribution in [0.25, 0.3) is 0 Å². The van der Waals surface area contributed by atoms with Gasteiger partial charge in [0.05, 0.1) is 17.5 Å². The number of Topliss-reactive ketones (excluding diaryl/α,β-unsaturated/α-hetero) is 4. The van der Waals surface area contributed by atoms with E-state index in [9.17, 15) is 34.2 Å². The van der Waals surface area contributed by atoms with Crippen molar-refractivity contribution < 1.29 is 38.6 Å². The third-order valence-corrected chi connectivity index (χ3v) is 9.60. The Morgan fingerprint density at radius 3 is 2.44 bits per heavy atom. The minimum Gasteiger partial charge on any atom is -0.507 e. The molecule has 1 amide bonds. The van der Waals surface area contributed by atoms with Gasteiger partial charge in [-0.3, -0.25) is 33.8 Å². The number of nitrogens with two attached hydrogens (primary N) is 1. The van der Waals surface area contributed by atoms with Crippen LogP contribution in [0.15, 0.2) is 0 Å². The number of rotatable bonds is 4. The zero-order valence-electron chi connectivity index (χ0n) is 22.5. The Balaban J connectivity index is 1.62. The van der Waals surface area contributed by atoms with E-state index in [1.165, 1.54) is 19.0 Å². The van der Waals surface area contributed by atoms with Crippen molar-refractivity contribution in [1.29, 1.82) is 0 Å². The quantitative estimate of drug-likeness (QED) is 0.450. The Morgan fingerprint density at radius 1 is 1.18 bits per heavy atom. The van der Waals surface area contributed by atoms with E-state index in [-0.39, 0.29) is 42.3 Å². The first kappa shape index (κ1) is 27.5. The van der Waals surface area contributed by atoms with Crippen LogP contribution in [0.4, 0.5) is 4.39 Å². The zero-order valence-corrected chi connectivity index (χ0v) is 22.5. The van der Waals surface area contributed by atoms with Gasteiger partial charge in [-0.25, -0.2) is 4.39 Å². The summed E-state index contributed by atoms with van der Waals surface area (Å²) in [6, 6.07) is -0.999. The summed E-state index contributed by atoms with van der Waals surface area (Å²) in [4.78, 5) is 69.8. The molecule has 4 aliphatic rings. The van der Waals surface area contributed by atoms with Crippen LogP contribution in [0.1, 0.15) is 53.7 Å². The van der Waals surface area contributed by atoms with Crippen LogP contribution in [-0.4, -0.2) is 87.4 Å². The van der Waals surface area contributed by atoms with Gasteiger partial charge in [-0.05, 0) is 52.6 Å². The number of hydrogen-bond acceptors (Lipinski definition) is 9.